The van der Waals surface area contributed by atoms with Crippen LogP contribution >= 0.6 is 23.4 Å². The molecule has 0 radical (unpaired) electrons. The Morgan fingerprint density at radius 1 is 1.17 bits per heavy atom. The van der Waals surface area contributed by atoms with Crippen molar-refractivity contribution in [1.29, 1.82) is 0 Å². The number of thioether (sulfide) groups is 1. The molecular weight excluding hydrogens is 428 g/mol. The fourth-order valence-corrected chi connectivity index (χ4v) is 3.75. The van der Waals surface area contributed by atoms with Crippen LogP contribution in [-0.2, 0) is 16.1 Å². The van der Waals surface area contributed by atoms with Crippen LogP contribution in [0.25, 0.3) is 0 Å². The van der Waals surface area contributed by atoms with Crippen LogP contribution in [0.5, 0.6) is 0 Å². The first kappa shape index (κ1) is 22.4. The van der Waals surface area contributed by atoms with E-state index in [1.165, 1.54) is 11.8 Å². The Hall–Kier alpha value is -2.30. The first-order valence-electron chi connectivity index (χ1n) is 9.67. The van der Waals surface area contributed by atoms with E-state index in [0.29, 0.717) is 34.9 Å². The van der Waals surface area contributed by atoms with E-state index in [-0.39, 0.29) is 11.7 Å². The third-order valence-electron chi connectivity index (χ3n) is 4.29. The van der Waals surface area contributed by atoms with Gasteiger partial charge in [0.15, 0.2) is 5.16 Å². The number of nitrogens with one attached hydrogen (secondary N) is 2. The van der Waals surface area contributed by atoms with E-state index < -0.39 is 5.91 Å². The second kappa shape index (κ2) is 10.6. The summed E-state index contributed by atoms with van der Waals surface area (Å²) in [6, 6.07) is 6.39. The zero-order valence-electron chi connectivity index (χ0n) is 16.9. The standard InChI is InChI=1S/C19H25ClN6O3S/c1-13(2)11-26-18(25-7-9-29-10-8-25)23-24-19(26)30-12-16(27)21-22-17(28)14-3-5-15(20)6-4-14/h3-6,13H,7-12H2,1-2H3,(H,21,27)(H,22,28). The number of anilines is 1. The highest BCUT2D eigenvalue weighted by atomic mass is 35.5. The van der Waals surface area contributed by atoms with Gasteiger partial charge in [-0.05, 0) is 30.2 Å². The molecule has 2 N–H and O–H groups in total. The Morgan fingerprint density at radius 3 is 2.53 bits per heavy atom. The molecule has 0 aliphatic carbocycles. The minimum Gasteiger partial charge on any atom is -0.378 e. The van der Waals surface area contributed by atoms with Crippen LogP contribution in [0.15, 0.2) is 29.4 Å². The minimum atomic E-state index is -0.414. The summed E-state index contributed by atoms with van der Waals surface area (Å²) in [5, 5.41) is 9.83. The van der Waals surface area contributed by atoms with Crippen molar-refractivity contribution in [2.24, 2.45) is 5.92 Å². The van der Waals surface area contributed by atoms with Gasteiger partial charge in [-0.15, -0.1) is 10.2 Å². The predicted molar refractivity (Wildman–Crippen MR) is 116 cm³/mol. The zero-order chi connectivity index (χ0) is 21.5. The summed E-state index contributed by atoms with van der Waals surface area (Å²) in [4.78, 5) is 26.4. The SMILES string of the molecule is CC(C)Cn1c(SCC(=O)NNC(=O)c2ccc(Cl)cc2)nnc1N1CCOCC1. The van der Waals surface area contributed by atoms with Crippen molar-refractivity contribution >= 4 is 41.1 Å². The number of hydrazine groups is 1. The maximum atomic E-state index is 12.2. The molecule has 0 bridgehead atoms. The van der Waals surface area contributed by atoms with Crippen LogP contribution in [0.2, 0.25) is 5.02 Å². The second-order valence-corrected chi connectivity index (χ2v) is 8.56. The quantitative estimate of drug-likeness (QED) is 0.489. The van der Waals surface area contributed by atoms with E-state index in [4.69, 9.17) is 16.3 Å². The molecule has 0 unspecified atom stereocenters. The molecule has 162 valence electrons. The lowest BCUT2D eigenvalue weighted by molar-refractivity contribution is -0.119. The normalized spacial score (nSPS) is 14.1. The lowest BCUT2D eigenvalue weighted by atomic mass is 10.2. The van der Waals surface area contributed by atoms with Gasteiger partial charge in [0.25, 0.3) is 5.91 Å². The molecule has 30 heavy (non-hydrogen) atoms. The molecule has 1 aliphatic rings. The van der Waals surface area contributed by atoms with Gasteiger partial charge in [-0.1, -0.05) is 37.2 Å². The fourth-order valence-electron chi connectivity index (χ4n) is 2.88. The van der Waals surface area contributed by atoms with Gasteiger partial charge in [-0.2, -0.15) is 0 Å². The monoisotopic (exact) mass is 452 g/mol. The second-order valence-electron chi connectivity index (χ2n) is 7.18. The van der Waals surface area contributed by atoms with Crippen LogP contribution < -0.4 is 15.8 Å². The van der Waals surface area contributed by atoms with E-state index in [0.717, 1.165) is 25.6 Å². The van der Waals surface area contributed by atoms with E-state index >= 15 is 0 Å². The molecule has 2 amide bonds. The molecule has 1 aromatic carbocycles. The third kappa shape index (κ3) is 6.10. The Labute approximate surface area is 184 Å². The Balaban J connectivity index is 1.56. The van der Waals surface area contributed by atoms with Gasteiger partial charge in [-0.3, -0.25) is 25.0 Å². The average Bonchev–Trinajstić information content (AvgIpc) is 3.13. The summed E-state index contributed by atoms with van der Waals surface area (Å²) in [6.07, 6.45) is 0. The molecule has 0 atom stereocenters. The topological polar surface area (TPSA) is 101 Å². The van der Waals surface area contributed by atoms with Crippen LogP contribution in [0, 0.1) is 5.92 Å². The van der Waals surface area contributed by atoms with E-state index in [1.807, 2.05) is 4.57 Å². The lowest BCUT2D eigenvalue weighted by Crippen LogP contribution is -2.42. The summed E-state index contributed by atoms with van der Waals surface area (Å²) in [7, 11) is 0. The third-order valence-corrected chi connectivity index (χ3v) is 5.51. The summed E-state index contributed by atoms with van der Waals surface area (Å²) >= 11 is 7.09. The van der Waals surface area contributed by atoms with Crippen molar-refractivity contribution in [3.8, 4) is 0 Å². The molecule has 0 saturated carbocycles. The molecule has 1 fully saturated rings. The maximum absolute atomic E-state index is 12.2. The largest absolute Gasteiger partial charge is 0.378 e. The molecule has 2 aromatic rings. The highest BCUT2D eigenvalue weighted by Gasteiger charge is 2.21. The molecule has 0 spiro atoms. The van der Waals surface area contributed by atoms with Crippen molar-refractivity contribution in [2.45, 2.75) is 25.5 Å². The number of benzene rings is 1. The van der Waals surface area contributed by atoms with Crippen LogP contribution in [0.1, 0.15) is 24.2 Å². The van der Waals surface area contributed by atoms with Crippen LogP contribution in [-0.4, -0.2) is 58.6 Å². The Morgan fingerprint density at radius 2 is 1.87 bits per heavy atom. The summed E-state index contributed by atoms with van der Waals surface area (Å²) in [6.45, 7) is 7.83. The molecule has 1 aromatic heterocycles. The number of hydrogen-bond donors (Lipinski definition) is 2. The molecule has 2 heterocycles. The fraction of sp³-hybridized carbons (Fsp3) is 0.474. The van der Waals surface area contributed by atoms with Crippen molar-refractivity contribution < 1.29 is 14.3 Å². The highest BCUT2D eigenvalue weighted by molar-refractivity contribution is 7.99. The molecule has 11 heteroatoms. The van der Waals surface area contributed by atoms with Crippen LogP contribution in [0.4, 0.5) is 5.95 Å². The van der Waals surface area contributed by atoms with Gasteiger partial charge >= 0.3 is 0 Å². The molecule has 3 rings (SSSR count). The summed E-state index contributed by atoms with van der Waals surface area (Å²) in [5.74, 6) is 0.538. The van der Waals surface area contributed by atoms with Crippen molar-refractivity contribution in [3.63, 3.8) is 0 Å². The Bertz CT molecular complexity index is 868. The smallest absolute Gasteiger partial charge is 0.269 e. The van der Waals surface area contributed by atoms with Crippen molar-refractivity contribution in [2.75, 3.05) is 37.0 Å². The van der Waals surface area contributed by atoms with E-state index in [1.54, 1.807) is 24.3 Å². The number of carbonyl (C=O) groups excluding carboxylic acids is 2. The highest BCUT2D eigenvalue weighted by Crippen LogP contribution is 2.24. The number of halogens is 1. The first-order chi connectivity index (χ1) is 14.4. The number of carbonyl (C=O) groups is 2. The molecule has 9 nitrogen and oxygen atoms in total. The summed E-state index contributed by atoms with van der Waals surface area (Å²) < 4.78 is 7.46. The number of rotatable bonds is 7. The van der Waals surface area contributed by atoms with Crippen molar-refractivity contribution in [1.82, 2.24) is 25.6 Å². The van der Waals surface area contributed by atoms with Gasteiger partial charge in [-0.25, -0.2) is 0 Å². The van der Waals surface area contributed by atoms with Gasteiger partial charge in [0.05, 0.1) is 19.0 Å². The summed E-state index contributed by atoms with van der Waals surface area (Å²) in [5.41, 5.74) is 5.22. The van der Waals surface area contributed by atoms with Gasteiger partial charge in [0.1, 0.15) is 0 Å². The number of morpholine rings is 1. The van der Waals surface area contributed by atoms with E-state index in [9.17, 15) is 9.59 Å². The zero-order valence-corrected chi connectivity index (χ0v) is 18.5. The minimum absolute atomic E-state index is 0.0975. The number of aromatic nitrogens is 3. The first-order valence-corrected chi connectivity index (χ1v) is 11.0. The number of amides is 2. The Kier molecular flexibility index (Phi) is 7.94. The lowest BCUT2D eigenvalue weighted by Gasteiger charge is -2.28. The van der Waals surface area contributed by atoms with Crippen LogP contribution in [0.3, 0.4) is 0 Å². The maximum Gasteiger partial charge on any atom is 0.269 e. The number of nitrogens with zero attached hydrogens (tertiary/aromatic N) is 4. The number of ether oxygens (including phenoxy) is 1. The van der Waals surface area contributed by atoms with Gasteiger partial charge in [0, 0.05) is 30.2 Å². The van der Waals surface area contributed by atoms with Gasteiger partial charge < -0.3 is 9.64 Å². The van der Waals surface area contributed by atoms with Gasteiger partial charge in [0.2, 0.25) is 11.9 Å². The predicted octanol–water partition coefficient (Wildman–Crippen LogP) is 1.98. The van der Waals surface area contributed by atoms with E-state index in [2.05, 4.69) is 39.8 Å². The number of hydrogen-bond acceptors (Lipinski definition) is 7. The molecular formula is C19H25ClN6O3S. The molecule has 1 aliphatic heterocycles. The molecule has 1 saturated heterocycles. The average molecular weight is 453 g/mol. The van der Waals surface area contributed by atoms with Crippen molar-refractivity contribution in [3.05, 3.63) is 34.9 Å².